The molecule has 0 aromatic heterocycles. The first-order valence-electron chi connectivity index (χ1n) is 14.6. The van der Waals surface area contributed by atoms with Crippen LogP contribution in [0.5, 0.6) is 0 Å². The Balaban J connectivity index is 1.55. The molecule has 0 amide bonds. The molecular weight excluding hydrogens is 542 g/mol. The largest absolute Gasteiger partial charge is 0.377 e. The lowest BCUT2D eigenvalue weighted by Gasteiger charge is -2.44. The van der Waals surface area contributed by atoms with Crippen molar-refractivity contribution in [3.63, 3.8) is 0 Å². The molecule has 0 heterocycles. The van der Waals surface area contributed by atoms with Crippen LogP contribution in [0.4, 0.5) is 5.69 Å². The smallest absolute Gasteiger partial charge is 0.241 e. The van der Waals surface area contributed by atoms with Gasteiger partial charge in [0.15, 0.2) is 0 Å². The lowest BCUT2D eigenvalue weighted by Crippen LogP contribution is -2.46. The molecule has 7 heteroatoms. The Morgan fingerprint density at radius 2 is 1.38 bits per heavy atom. The quantitative estimate of drug-likeness (QED) is 0.181. The number of hydrogen-bond acceptors (Lipinski definition) is 5. The van der Waals surface area contributed by atoms with E-state index in [-0.39, 0.29) is 35.0 Å². The van der Waals surface area contributed by atoms with Crippen LogP contribution in [-0.2, 0) is 21.4 Å². The third-order valence-electron chi connectivity index (χ3n) is 7.50. The average Bonchev–Trinajstić information content (AvgIpc) is 2.95. The predicted molar refractivity (Wildman–Crippen MR) is 174 cm³/mol. The molecule has 0 saturated carbocycles. The average molecular weight is 588 g/mol. The zero-order valence-electron chi connectivity index (χ0n) is 26.1. The van der Waals surface area contributed by atoms with Gasteiger partial charge >= 0.3 is 0 Å². The summed E-state index contributed by atoms with van der Waals surface area (Å²) in [5, 5.41) is 3.73. The van der Waals surface area contributed by atoms with Gasteiger partial charge in [0.2, 0.25) is 10.0 Å². The van der Waals surface area contributed by atoms with E-state index in [0.29, 0.717) is 5.39 Å². The van der Waals surface area contributed by atoms with Gasteiger partial charge in [0, 0.05) is 42.6 Å². The molecular formula is C35H45N3O3S. The highest BCUT2D eigenvalue weighted by Crippen LogP contribution is 2.37. The highest BCUT2D eigenvalue weighted by Gasteiger charge is 2.35. The Morgan fingerprint density at radius 1 is 0.762 bits per heavy atom. The SMILES string of the molecule is CC(ON(C(c1ccc(CNS(=O)(=O)c2cccc3c(N(C)C)cccc23)cc1)C(C)C)C(C)(C)C)c1ccccc1. The minimum atomic E-state index is -3.74. The van der Waals surface area contributed by atoms with E-state index in [0.717, 1.165) is 27.8 Å². The van der Waals surface area contributed by atoms with Gasteiger partial charge in [0.25, 0.3) is 0 Å². The number of hydroxylamine groups is 2. The molecule has 0 radical (unpaired) electrons. The Kier molecular flexibility index (Phi) is 9.78. The number of sulfonamides is 1. The highest BCUT2D eigenvalue weighted by atomic mass is 32.2. The topological polar surface area (TPSA) is 61.9 Å². The molecule has 4 aromatic rings. The molecule has 224 valence electrons. The lowest BCUT2D eigenvalue weighted by atomic mass is 9.91. The molecule has 0 aliphatic carbocycles. The van der Waals surface area contributed by atoms with Gasteiger partial charge in [-0.15, -0.1) is 0 Å². The molecule has 0 saturated heterocycles. The maximum absolute atomic E-state index is 13.4. The van der Waals surface area contributed by atoms with E-state index in [9.17, 15) is 8.42 Å². The fourth-order valence-electron chi connectivity index (χ4n) is 5.36. The molecule has 4 rings (SSSR count). The zero-order valence-corrected chi connectivity index (χ0v) is 26.9. The van der Waals surface area contributed by atoms with Gasteiger partial charge in [-0.3, -0.25) is 4.84 Å². The van der Waals surface area contributed by atoms with Gasteiger partial charge in [0.05, 0.1) is 10.9 Å². The summed E-state index contributed by atoms with van der Waals surface area (Å²) in [5.74, 6) is 0.273. The Bertz CT molecular complexity index is 1580. The summed E-state index contributed by atoms with van der Waals surface area (Å²) in [6.45, 7) is 13.2. The molecule has 0 fully saturated rings. The second-order valence-electron chi connectivity index (χ2n) is 12.4. The van der Waals surface area contributed by atoms with Crippen molar-refractivity contribution in [2.45, 2.75) is 70.7 Å². The van der Waals surface area contributed by atoms with Crippen LogP contribution < -0.4 is 9.62 Å². The molecule has 4 aromatic carbocycles. The van der Waals surface area contributed by atoms with Crippen molar-refractivity contribution in [3.05, 3.63) is 108 Å². The third-order valence-corrected chi connectivity index (χ3v) is 8.96. The molecule has 2 unspecified atom stereocenters. The molecule has 1 N–H and O–H groups in total. The van der Waals surface area contributed by atoms with E-state index in [1.165, 1.54) is 0 Å². The summed E-state index contributed by atoms with van der Waals surface area (Å²) in [6, 6.07) is 29.6. The second-order valence-corrected chi connectivity index (χ2v) is 14.2. The molecule has 0 aliphatic heterocycles. The number of hydrogen-bond donors (Lipinski definition) is 1. The Labute approximate surface area is 252 Å². The Morgan fingerprint density at radius 3 is 1.98 bits per heavy atom. The van der Waals surface area contributed by atoms with Crippen LogP contribution in [-0.4, -0.2) is 33.1 Å². The predicted octanol–water partition coefficient (Wildman–Crippen LogP) is 7.87. The molecule has 0 bridgehead atoms. The minimum absolute atomic E-state index is 0.00322. The van der Waals surface area contributed by atoms with E-state index in [1.807, 2.05) is 73.6 Å². The van der Waals surface area contributed by atoms with Crippen LogP contribution in [0.25, 0.3) is 10.8 Å². The number of rotatable bonds is 11. The molecule has 2 atom stereocenters. The second kappa shape index (κ2) is 13.0. The van der Waals surface area contributed by atoms with Crippen LogP contribution >= 0.6 is 0 Å². The molecule has 0 aliphatic rings. The fourth-order valence-corrected chi connectivity index (χ4v) is 6.60. The van der Waals surface area contributed by atoms with E-state index in [4.69, 9.17) is 4.84 Å². The van der Waals surface area contributed by atoms with E-state index in [1.54, 1.807) is 12.1 Å². The van der Waals surface area contributed by atoms with Crippen LogP contribution in [0.3, 0.4) is 0 Å². The first-order valence-corrected chi connectivity index (χ1v) is 16.1. The third kappa shape index (κ3) is 7.21. The molecule has 0 spiro atoms. The zero-order chi connectivity index (χ0) is 30.7. The van der Waals surface area contributed by atoms with Crippen molar-refractivity contribution < 1.29 is 13.3 Å². The number of anilines is 1. The van der Waals surface area contributed by atoms with Gasteiger partial charge in [-0.05, 0) is 62.4 Å². The van der Waals surface area contributed by atoms with Crippen LogP contribution in [0.15, 0.2) is 95.9 Å². The monoisotopic (exact) mass is 587 g/mol. The van der Waals surface area contributed by atoms with Crippen LogP contribution in [0, 0.1) is 5.92 Å². The van der Waals surface area contributed by atoms with Crippen LogP contribution in [0.2, 0.25) is 0 Å². The number of nitrogens with one attached hydrogen (secondary N) is 1. The van der Waals surface area contributed by atoms with Gasteiger partial charge in [0.1, 0.15) is 6.10 Å². The van der Waals surface area contributed by atoms with Crippen molar-refractivity contribution in [3.8, 4) is 0 Å². The summed E-state index contributed by atoms with van der Waals surface area (Å²) >= 11 is 0. The van der Waals surface area contributed by atoms with E-state index < -0.39 is 10.0 Å². The number of nitrogens with zero attached hydrogens (tertiary/aromatic N) is 2. The minimum Gasteiger partial charge on any atom is -0.377 e. The fraction of sp³-hybridized carbons (Fsp3) is 0.371. The first kappa shape index (κ1) is 31.7. The van der Waals surface area contributed by atoms with Gasteiger partial charge < -0.3 is 4.90 Å². The van der Waals surface area contributed by atoms with Crippen molar-refractivity contribution in [2.24, 2.45) is 5.92 Å². The number of benzene rings is 4. The molecule has 42 heavy (non-hydrogen) atoms. The number of fused-ring (bicyclic) bond motifs is 1. The van der Waals surface area contributed by atoms with Gasteiger partial charge in [-0.1, -0.05) is 92.7 Å². The van der Waals surface area contributed by atoms with Crippen molar-refractivity contribution >= 4 is 26.5 Å². The first-order chi connectivity index (χ1) is 19.8. The lowest BCUT2D eigenvalue weighted by molar-refractivity contribution is -0.272. The summed E-state index contributed by atoms with van der Waals surface area (Å²) in [5.41, 5.74) is 3.86. The van der Waals surface area contributed by atoms with E-state index >= 15 is 0 Å². The standard InChI is InChI=1S/C35H45N3O3S/c1-25(2)34(38(35(4,5)6)41-26(3)28-14-10-9-11-15-28)29-22-20-27(21-23-29)24-36-42(39,40)33-19-13-16-30-31(33)17-12-18-32(30)37(7)8/h9-23,25-26,34,36H,24H2,1-8H3. The van der Waals surface area contributed by atoms with Crippen molar-refractivity contribution in [1.82, 2.24) is 9.79 Å². The van der Waals surface area contributed by atoms with Crippen LogP contribution in [0.1, 0.15) is 70.4 Å². The summed E-state index contributed by atoms with van der Waals surface area (Å²) in [7, 11) is 0.177. The Hall–Kier alpha value is -3.23. The van der Waals surface area contributed by atoms with Crippen molar-refractivity contribution in [1.29, 1.82) is 0 Å². The molecule has 6 nitrogen and oxygen atoms in total. The summed E-state index contributed by atoms with van der Waals surface area (Å²) in [4.78, 5) is 8.92. The van der Waals surface area contributed by atoms with E-state index in [2.05, 4.69) is 75.6 Å². The summed E-state index contributed by atoms with van der Waals surface area (Å²) in [6.07, 6.45) is -0.108. The summed E-state index contributed by atoms with van der Waals surface area (Å²) < 4.78 is 29.7. The maximum Gasteiger partial charge on any atom is 0.241 e. The van der Waals surface area contributed by atoms with Gasteiger partial charge in [-0.2, -0.15) is 5.06 Å². The van der Waals surface area contributed by atoms with Gasteiger partial charge in [-0.25, -0.2) is 13.1 Å². The highest BCUT2D eigenvalue weighted by molar-refractivity contribution is 7.89. The van der Waals surface area contributed by atoms with Crippen molar-refractivity contribution in [2.75, 3.05) is 19.0 Å². The normalized spacial score (nSPS) is 14.0. The maximum atomic E-state index is 13.4.